The summed E-state index contributed by atoms with van der Waals surface area (Å²) in [6.45, 7) is 15.6. The number of aromatic nitrogens is 2. The molecule has 6 N–H and O–H groups in total. The highest BCUT2D eigenvalue weighted by molar-refractivity contribution is 6.44. The number of pyridine rings is 2. The molecular formula is C48H62ClFN9O6+. The first-order valence-electron chi connectivity index (χ1n) is 20.9. The predicted octanol–water partition coefficient (Wildman–Crippen LogP) is 5.89. The quantitative estimate of drug-likeness (QED) is 0.0497. The van der Waals surface area contributed by atoms with Crippen LogP contribution in [-0.2, 0) is 32.9 Å². The van der Waals surface area contributed by atoms with Gasteiger partial charge in [-0.3, -0.25) is 24.7 Å². The van der Waals surface area contributed by atoms with E-state index in [9.17, 15) is 14.4 Å². The molecule has 0 aliphatic carbocycles. The summed E-state index contributed by atoms with van der Waals surface area (Å²) < 4.78 is 34.9. The summed E-state index contributed by atoms with van der Waals surface area (Å²) in [7, 11) is 7.19. The van der Waals surface area contributed by atoms with Crippen molar-refractivity contribution < 1.29 is 38.4 Å². The fourth-order valence-electron chi connectivity index (χ4n) is 7.37. The molecule has 15 nitrogen and oxygen atoms in total. The van der Waals surface area contributed by atoms with Gasteiger partial charge in [0.05, 0.1) is 23.5 Å². The average Bonchev–Trinajstić information content (AvgIpc) is 3.20. The maximum absolute atomic E-state index is 17.2. The van der Waals surface area contributed by atoms with Gasteiger partial charge in [0, 0.05) is 61.7 Å². The van der Waals surface area contributed by atoms with E-state index in [1.54, 1.807) is 48.5 Å². The topological polar surface area (TPSA) is 199 Å². The lowest BCUT2D eigenvalue weighted by molar-refractivity contribution is -0.142. The van der Waals surface area contributed by atoms with E-state index in [0.29, 0.717) is 46.4 Å². The minimum atomic E-state index is -0.817. The summed E-state index contributed by atoms with van der Waals surface area (Å²) in [5.74, 6) is -1.50. The molecule has 0 saturated carbocycles. The van der Waals surface area contributed by atoms with Gasteiger partial charge in [0.15, 0.2) is 12.0 Å². The number of ether oxygens (including phenoxy) is 3. The fourth-order valence-corrected chi connectivity index (χ4v) is 7.48. The van der Waals surface area contributed by atoms with Crippen molar-refractivity contribution in [2.75, 3.05) is 46.6 Å². The van der Waals surface area contributed by atoms with E-state index in [0.717, 1.165) is 0 Å². The van der Waals surface area contributed by atoms with Crippen molar-refractivity contribution in [1.29, 1.82) is 0 Å². The van der Waals surface area contributed by atoms with Crippen LogP contribution in [0.2, 0.25) is 5.15 Å². The third-order valence-corrected chi connectivity index (χ3v) is 9.96. The Morgan fingerprint density at radius 1 is 0.923 bits per heavy atom. The molecule has 0 aliphatic rings. The lowest BCUT2D eigenvalue weighted by Crippen LogP contribution is -2.41. The Labute approximate surface area is 386 Å². The highest BCUT2D eigenvalue weighted by Gasteiger charge is 2.31. The van der Waals surface area contributed by atoms with Gasteiger partial charge >= 0.3 is 5.97 Å². The van der Waals surface area contributed by atoms with Crippen molar-refractivity contribution in [3.63, 3.8) is 0 Å². The largest absolute Gasteiger partial charge is 0.485 e. The molecule has 4 rings (SSSR count). The van der Waals surface area contributed by atoms with Crippen LogP contribution in [0.15, 0.2) is 72.0 Å². The van der Waals surface area contributed by atoms with Crippen LogP contribution in [0, 0.1) is 5.82 Å². The highest BCUT2D eigenvalue weighted by Crippen LogP contribution is 2.34. The lowest BCUT2D eigenvalue weighted by atomic mass is 9.81. The Kier molecular flexibility index (Phi) is 17.1. The van der Waals surface area contributed by atoms with Crippen molar-refractivity contribution >= 4 is 58.5 Å². The number of carbonyl (C=O) groups excluding carboxylic acids is 3. The lowest BCUT2D eigenvalue weighted by Gasteiger charge is -2.33. The first kappa shape index (κ1) is 51.4. The zero-order chi connectivity index (χ0) is 48.4. The number of anilines is 1. The van der Waals surface area contributed by atoms with Gasteiger partial charge < -0.3 is 35.5 Å². The second-order valence-corrected chi connectivity index (χ2v) is 18.5. The molecule has 2 aromatic carbocycles. The molecule has 2 amide bonds. The number of amides is 2. The zero-order valence-corrected chi connectivity index (χ0v) is 40.1. The summed E-state index contributed by atoms with van der Waals surface area (Å²) in [4.78, 5) is 56.5. The number of nitrogens with two attached hydrogens (primary N) is 2. The maximum Gasteiger partial charge on any atom is 0.302 e. The molecule has 17 heteroatoms. The Bertz CT molecular complexity index is 2430. The van der Waals surface area contributed by atoms with Crippen molar-refractivity contribution in [2.45, 2.75) is 85.2 Å². The summed E-state index contributed by atoms with van der Waals surface area (Å²) in [5, 5.41) is 11.8. The van der Waals surface area contributed by atoms with E-state index in [-0.39, 0.29) is 52.8 Å². The first-order chi connectivity index (χ1) is 30.3. The highest BCUT2D eigenvalue weighted by atomic mass is 35.5. The molecule has 0 radical (unpaired) electrons. The molecule has 2 heterocycles. The van der Waals surface area contributed by atoms with Gasteiger partial charge in [-0.15, -0.1) is 0 Å². The molecule has 0 saturated heterocycles. The summed E-state index contributed by atoms with van der Waals surface area (Å²) in [6, 6.07) is 13.2. The summed E-state index contributed by atoms with van der Waals surface area (Å²) in [6.07, 6.45) is 5.58. The minimum Gasteiger partial charge on any atom is -0.485 e. The molecule has 348 valence electrons. The molecular weight excluding hydrogens is 853 g/mol. The van der Waals surface area contributed by atoms with E-state index in [2.05, 4.69) is 25.6 Å². The number of benzene rings is 2. The van der Waals surface area contributed by atoms with E-state index < -0.39 is 40.2 Å². The van der Waals surface area contributed by atoms with E-state index >= 15 is 4.39 Å². The second-order valence-electron chi connectivity index (χ2n) is 18.1. The number of likely N-dealkylation sites (N-methyl/N-ethyl adjacent to an activating group) is 2. The second kappa shape index (κ2) is 21.6. The van der Waals surface area contributed by atoms with Crippen LogP contribution in [0.5, 0.6) is 11.5 Å². The van der Waals surface area contributed by atoms with Crippen molar-refractivity contribution in [1.82, 2.24) is 25.1 Å². The minimum absolute atomic E-state index is 0.0391. The Morgan fingerprint density at radius 2 is 1.55 bits per heavy atom. The number of esters is 1. The van der Waals surface area contributed by atoms with E-state index in [1.165, 1.54) is 38.7 Å². The number of halogens is 2. The number of carbonyl (C=O) groups is 3. The molecule has 0 unspecified atom stereocenters. The number of hydrogen-bond donors (Lipinski definition) is 4. The third kappa shape index (κ3) is 14.6. The average molecular weight is 916 g/mol. The van der Waals surface area contributed by atoms with Crippen LogP contribution >= 0.6 is 11.6 Å². The Morgan fingerprint density at radius 3 is 2.09 bits per heavy atom. The maximum atomic E-state index is 17.2. The van der Waals surface area contributed by atoms with Crippen LogP contribution in [0.3, 0.4) is 0 Å². The molecule has 0 fully saturated rings. The van der Waals surface area contributed by atoms with Crippen LogP contribution in [0.1, 0.15) is 93.6 Å². The van der Waals surface area contributed by atoms with Crippen LogP contribution in [0.4, 0.5) is 15.9 Å². The number of nitrogens with zero attached hydrogens (tertiary/aromatic N) is 5. The molecule has 0 atom stereocenters. The molecule has 0 spiro atoms. The molecule has 0 aliphatic heterocycles. The zero-order valence-electron chi connectivity index (χ0n) is 39.4. The third-order valence-electron chi connectivity index (χ3n) is 9.74. The van der Waals surface area contributed by atoms with Gasteiger partial charge in [-0.25, -0.2) is 19.4 Å². The van der Waals surface area contributed by atoms with Gasteiger partial charge in [-0.05, 0) is 102 Å². The van der Waals surface area contributed by atoms with Crippen LogP contribution in [-0.4, -0.2) is 102 Å². The number of rotatable bonds is 19. The number of aliphatic imine (C=N–C) groups is 1. The SMILES string of the molecule is CNC(=O)C(C=C(N)c1cccc(NC(=O)c2c(C=[NH2+])cc(C(C)(C)C)c(CN(C)CC(C)(C)Oc3ccc(Cl)nc3)c2F)c1COC(C)=O)=Nc1ccc(OC(C)(C)CN(C)C)cn1. The van der Waals surface area contributed by atoms with Crippen LogP contribution < -0.4 is 31.3 Å². The van der Waals surface area contributed by atoms with Gasteiger partial charge in [0.25, 0.3) is 11.8 Å². The van der Waals surface area contributed by atoms with E-state index in [1.807, 2.05) is 79.4 Å². The first-order valence-corrected chi connectivity index (χ1v) is 21.3. The molecule has 4 aromatic rings. The summed E-state index contributed by atoms with van der Waals surface area (Å²) in [5.41, 5.74) is 6.41. The molecule has 65 heavy (non-hydrogen) atoms. The number of nitrogens with one attached hydrogen (secondary N) is 2. The predicted molar refractivity (Wildman–Crippen MR) is 253 cm³/mol. The molecule has 0 bridgehead atoms. The van der Waals surface area contributed by atoms with Gasteiger partial charge in [-0.1, -0.05) is 44.5 Å². The smallest absolute Gasteiger partial charge is 0.302 e. The van der Waals surface area contributed by atoms with Crippen molar-refractivity contribution in [3.05, 3.63) is 111 Å². The van der Waals surface area contributed by atoms with Gasteiger partial charge in [0.2, 0.25) is 0 Å². The number of hydrogen-bond acceptors (Lipinski definition) is 12. The fraction of sp³-hybridized carbons (Fsp3) is 0.396. The standard InChI is InChI=1S/C48H61ClFN9O6/c1-29(60)63-26-35-33(37(52)21-39(44(61)53-9)56-41-19-17-32(24-55-41)64-47(5,6)27-58(10)11)14-13-15-38(35)57-45(62)42-30(22-51)20-36(46(2,3)4)34(43(42)50)25-59(12)28-48(7,8)65-31-16-18-40(49)54-23-31/h13-24,51H,25-28,52H2,1-12H3,(H,53,61)(H,57,62)/p+1. The van der Waals surface area contributed by atoms with Crippen LogP contribution in [0.25, 0.3) is 5.70 Å². The monoisotopic (exact) mass is 914 g/mol. The van der Waals surface area contributed by atoms with Gasteiger partial charge in [-0.2, -0.15) is 0 Å². The Hall–Kier alpha value is -6.23. The van der Waals surface area contributed by atoms with Gasteiger partial charge in [0.1, 0.15) is 46.0 Å². The molecule has 2 aromatic heterocycles. The van der Waals surface area contributed by atoms with E-state index in [4.69, 9.17) is 37.0 Å². The van der Waals surface area contributed by atoms with Crippen molar-refractivity contribution in [2.24, 2.45) is 10.7 Å². The Balaban J connectivity index is 1.73. The van der Waals surface area contributed by atoms with Crippen molar-refractivity contribution in [3.8, 4) is 11.5 Å². The normalized spacial score (nSPS) is 12.6. The summed E-state index contributed by atoms with van der Waals surface area (Å²) >= 11 is 5.96.